The van der Waals surface area contributed by atoms with E-state index in [0.29, 0.717) is 34.6 Å². The molecule has 1 aromatic heterocycles. The van der Waals surface area contributed by atoms with Gasteiger partial charge < -0.3 is 9.32 Å². The number of carbonyl (C=O) groups is 1. The van der Waals surface area contributed by atoms with Crippen LogP contribution in [0.2, 0.25) is 0 Å². The van der Waals surface area contributed by atoms with E-state index in [1.165, 1.54) is 19.1 Å². The largest absolute Gasteiger partial charge is 0.339 e. The van der Waals surface area contributed by atoms with Gasteiger partial charge in [0.15, 0.2) is 0 Å². The maximum atomic E-state index is 13.2. The molecule has 2 rings (SSSR count). The summed E-state index contributed by atoms with van der Waals surface area (Å²) in [7, 11) is 0. The first-order valence-electron chi connectivity index (χ1n) is 5.33. The average molecular weight is 313 g/mol. The number of halogens is 2. The molecule has 0 spiro atoms. The lowest BCUT2D eigenvalue weighted by Crippen LogP contribution is -1.94. The third-order valence-corrected chi connectivity index (χ3v) is 2.74. The predicted octanol–water partition coefficient (Wildman–Crippen LogP) is 3.16. The Hall–Kier alpha value is -1.56. The van der Waals surface area contributed by atoms with Crippen LogP contribution in [0, 0.1) is 5.82 Å². The van der Waals surface area contributed by atoms with Gasteiger partial charge >= 0.3 is 0 Å². The molecule has 0 radical (unpaired) electrons. The lowest BCUT2D eigenvalue weighted by atomic mass is 10.2. The standard InChI is InChI=1S/C12H10BrFN2O2/c1-7(17)2-3-11-15-12(16-18-11)8-4-9(13)6-10(14)5-8/h4-6H,2-3H2,1H3. The van der Waals surface area contributed by atoms with Gasteiger partial charge in [0.05, 0.1) is 0 Å². The monoisotopic (exact) mass is 312 g/mol. The molecule has 0 N–H and O–H groups in total. The molecule has 1 aromatic carbocycles. The van der Waals surface area contributed by atoms with E-state index < -0.39 is 0 Å². The van der Waals surface area contributed by atoms with Crippen LogP contribution < -0.4 is 0 Å². The maximum Gasteiger partial charge on any atom is 0.227 e. The van der Waals surface area contributed by atoms with Crippen molar-refractivity contribution in [1.29, 1.82) is 0 Å². The number of Topliss-reactive ketones (excluding diaryl/α,β-unsaturated/α-hetero) is 1. The van der Waals surface area contributed by atoms with E-state index in [2.05, 4.69) is 26.1 Å². The molecular weight excluding hydrogens is 303 g/mol. The number of benzene rings is 1. The minimum atomic E-state index is -0.380. The topological polar surface area (TPSA) is 56.0 Å². The fourth-order valence-electron chi connectivity index (χ4n) is 1.44. The molecule has 0 aliphatic carbocycles. The first kappa shape index (κ1) is 12.9. The van der Waals surface area contributed by atoms with Crippen LogP contribution in [0.1, 0.15) is 19.2 Å². The molecule has 94 valence electrons. The Labute approximate surface area is 111 Å². The van der Waals surface area contributed by atoms with Gasteiger partial charge in [-0.3, -0.25) is 0 Å². The van der Waals surface area contributed by atoms with Crippen molar-refractivity contribution in [3.05, 3.63) is 34.4 Å². The Morgan fingerprint density at radius 2 is 2.22 bits per heavy atom. The fourth-order valence-corrected chi connectivity index (χ4v) is 1.90. The van der Waals surface area contributed by atoms with Gasteiger partial charge in [-0.25, -0.2) is 4.39 Å². The summed E-state index contributed by atoms with van der Waals surface area (Å²) in [6.07, 6.45) is 0.757. The van der Waals surface area contributed by atoms with E-state index in [1.54, 1.807) is 6.07 Å². The lowest BCUT2D eigenvalue weighted by molar-refractivity contribution is -0.117. The molecule has 2 aromatic rings. The third-order valence-electron chi connectivity index (χ3n) is 2.28. The Kier molecular flexibility index (Phi) is 3.86. The average Bonchev–Trinajstić information content (AvgIpc) is 2.73. The minimum Gasteiger partial charge on any atom is -0.339 e. The summed E-state index contributed by atoms with van der Waals surface area (Å²) in [5, 5.41) is 3.76. The van der Waals surface area contributed by atoms with Gasteiger partial charge in [-0.15, -0.1) is 0 Å². The van der Waals surface area contributed by atoms with Crippen molar-refractivity contribution >= 4 is 21.7 Å². The second-order valence-corrected chi connectivity index (χ2v) is 4.79. The number of hydrogen-bond acceptors (Lipinski definition) is 4. The second-order valence-electron chi connectivity index (χ2n) is 3.87. The number of nitrogens with zero attached hydrogens (tertiary/aromatic N) is 2. The van der Waals surface area contributed by atoms with Crippen molar-refractivity contribution in [2.75, 3.05) is 0 Å². The predicted molar refractivity (Wildman–Crippen MR) is 66.4 cm³/mol. The van der Waals surface area contributed by atoms with Gasteiger partial charge in [0.2, 0.25) is 11.7 Å². The third kappa shape index (κ3) is 3.22. The lowest BCUT2D eigenvalue weighted by Gasteiger charge is -1.96. The molecule has 4 nitrogen and oxygen atoms in total. The van der Waals surface area contributed by atoms with Crippen LogP contribution in [0.5, 0.6) is 0 Å². The molecule has 1 heterocycles. The smallest absolute Gasteiger partial charge is 0.227 e. The van der Waals surface area contributed by atoms with Crippen LogP contribution in [0.15, 0.2) is 27.2 Å². The van der Waals surface area contributed by atoms with E-state index in [-0.39, 0.29) is 11.6 Å². The first-order chi connectivity index (χ1) is 8.54. The molecule has 18 heavy (non-hydrogen) atoms. The number of aryl methyl sites for hydroxylation is 1. The van der Waals surface area contributed by atoms with Crippen LogP contribution >= 0.6 is 15.9 Å². The van der Waals surface area contributed by atoms with Crippen molar-refractivity contribution in [2.45, 2.75) is 19.8 Å². The molecule has 0 aliphatic rings. The molecule has 0 atom stereocenters. The molecule has 0 saturated heterocycles. The highest BCUT2D eigenvalue weighted by Gasteiger charge is 2.10. The summed E-state index contributed by atoms with van der Waals surface area (Å²) >= 11 is 3.20. The molecule has 0 aliphatic heterocycles. The van der Waals surface area contributed by atoms with Gasteiger partial charge in [-0.05, 0) is 25.1 Å². The minimum absolute atomic E-state index is 0.0586. The second kappa shape index (κ2) is 5.39. The van der Waals surface area contributed by atoms with Crippen LogP contribution in [-0.4, -0.2) is 15.9 Å². The zero-order valence-electron chi connectivity index (χ0n) is 9.61. The number of hydrogen-bond donors (Lipinski definition) is 0. The van der Waals surface area contributed by atoms with Gasteiger partial charge in [-0.2, -0.15) is 4.98 Å². The van der Waals surface area contributed by atoms with Crippen LogP contribution in [0.4, 0.5) is 4.39 Å². The number of aromatic nitrogens is 2. The van der Waals surface area contributed by atoms with E-state index in [4.69, 9.17) is 4.52 Å². The summed E-state index contributed by atoms with van der Waals surface area (Å²) in [6.45, 7) is 1.50. The SMILES string of the molecule is CC(=O)CCc1nc(-c2cc(F)cc(Br)c2)no1. The van der Waals surface area contributed by atoms with Crippen LogP contribution in [0.3, 0.4) is 0 Å². The molecule has 6 heteroatoms. The highest BCUT2D eigenvalue weighted by molar-refractivity contribution is 9.10. The van der Waals surface area contributed by atoms with Crippen molar-refractivity contribution in [3.63, 3.8) is 0 Å². The molecule has 0 unspecified atom stereocenters. The van der Waals surface area contributed by atoms with Crippen molar-refractivity contribution in [2.24, 2.45) is 0 Å². The summed E-state index contributed by atoms with van der Waals surface area (Å²) < 4.78 is 18.8. The Balaban J connectivity index is 2.21. The van der Waals surface area contributed by atoms with Gasteiger partial charge in [0.25, 0.3) is 0 Å². The van der Waals surface area contributed by atoms with Gasteiger partial charge in [0.1, 0.15) is 11.6 Å². The zero-order chi connectivity index (χ0) is 13.1. The number of rotatable bonds is 4. The molecule has 0 saturated carbocycles. The summed E-state index contributed by atoms with van der Waals surface area (Å²) in [4.78, 5) is 15.0. The Morgan fingerprint density at radius 3 is 2.89 bits per heavy atom. The van der Waals surface area contributed by atoms with E-state index in [9.17, 15) is 9.18 Å². The molecular formula is C12H10BrFN2O2. The molecule has 0 bridgehead atoms. The summed E-state index contributed by atoms with van der Waals surface area (Å²) in [5.41, 5.74) is 0.528. The summed E-state index contributed by atoms with van der Waals surface area (Å²) in [6, 6.07) is 4.37. The fraction of sp³-hybridized carbons (Fsp3) is 0.250. The van der Waals surface area contributed by atoms with Crippen molar-refractivity contribution in [3.8, 4) is 11.4 Å². The maximum absolute atomic E-state index is 13.2. The highest BCUT2D eigenvalue weighted by Crippen LogP contribution is 2.22. The van der Waals surface area contributed by atoms with Gasteiger partial charge in [0, 0.05) is 22.9 Å². The molecule has 0 fully saturated rings. The quantitative estimate of drug-likeness (QED) is 0.870. The van der Waals surface area contributed by atoms with Crippen LogP contribution in [-0.2, 0) is 11.2 Å². The normalized spacial score (nSPS) is 10.6. The van der Waals surface area contributed by atoms with Gasteiger partial charge in [-0.1, -0.05) is 21.1 Å². The summed E-state index contributed by atoms with van der Waals surface area (Å²) in [5.74, 6) is 0.368. The van der Waals surface area contributed by atoms with Crippen molar-refractivity contribution < 1.29 is 13.7 Å². The first-order valence-corrected chi connectivity index (χ1v) is 6.12. The van der Waals surface area contributed by atoms with Crippen LogP contribution in [0.25, 0.3) is 11.4 Å². The van der Waals surface area contributed by atoms with E-state index >= 15 is 0 Å². The molecule has 0 amide bonds. The van der Waals surface area contributed by atoms with E-state index in [1.807, 2.05) is 0 Å². The Morgan fingerprint density at radius 1 is 1.44 bits per heavy atom. The number of ketones is 1. The zero-order valence-corrected chi connectivity index (χ0v) is 11.2. The van der Waals surface area contributed by atoms with E-state index in [0.717, 1.165) is 0 Å². The number of carbonyl (C=O) groups excluding carboxylic acids is 1. The highest BCUT2D eigenvalue weighted by atomic mass is 79.9. The van der Waals surface area contributed by atoms with Crippen molar-refractivity contribution in [1.82, 2.24) is 10.1 Å². The Bertz CT molecular complexity index is 563.